The van der Waals surface area contributed by atoms with Crippen molar-refractivity contribution in [3.8, 4) is 6.07 Å². The van der Waals surface area contributed by atoms with Crippen molar-refractivity contribution in [1.29, 1.82) is 5.26 Å². The molecule has 2 fully saturated rings. The van der Waals surface area contributed by atoms with Gasteiger partial charge in [-0.1, -0.05) is 18.2 Å². The molecule has 1 aliphatic heterocycles. The van der Waals surface area contributed by atoms with Crippen molar-refractivity contribution < 1.29 is 13.2 Å². The summed E-state index contributed by atoms with van der Waals surface area (Å²) in [7, 11) is -3.48. The van der Waals surface area contributed by atoms with E-state index in [-0.39, 0.29) is 12.5 Å². The van der Waals surface area contributed by atoms with E-state index in [4.69, 9.17) is 0 Å². The van der Waals surface area contributed by atoms with Crippen LogP contribution >= 0.6 is 0 Å². The molecule has 1 aromatic rings. The summed E-state index contributed by atoms with van der Waals surface area (Å²) in [6, 6.07) is 10.6. The lowest BCUT2D eigenvalue weighted by Crippen LogP contribution is -2.53. The van der Waals surface area contributed by atoms with Gasteiger partial charge in [0, 0.05) is 26.2 Å². The number of piperazine rings is 1. The monoisotopic (exact) mass is 376 g/mol. The van der Waals surface area contributed by atoms with Crippen LogP contribution in [0.3, 0.4) is 0 Å². The molecule has 0 radical (unpaired) electrons. The zero-order chi connectivity index (χ0) is 18.6. The van der Waals surface area contributed by atoms with Crippen molar-refractivity contribution >= 4 is 15.9 Å². The average molecular weight is 376 g/mol. The molecule has 1 saturated carbocycles. The Labute approximate surface area is 154 Å². The van der Waals surface area contributed by atoms with E-state index in [1.54, 1.807) is 30.3 Å². The number of nitrogens with one attached hydrogen (secondary N) is 1. The Balaban J connectivity index is 1.53. The molecule has 7 nitrogen and oxygen atoms in total. The van der Waals surface area contributed by atoms with Gasteiger partial charge in [0.05, 0.1) is 17.5 Å². The molecule has 140 valence electrons. The smallest absolute Gasteiger partial charge is 0.243 e. The first-order valence-corrected chi connectivity index (χ1v) is 10.4. The Bertz CT molecular complexity index is 774. The number of hydrogen-bond acceptors (Lipinski definition) is 5. The first-order chi connectivity index (χ1) is 12.5. The number of nitriles is 1. The molecule has 0 aromatic heterocycles. The standard InChI is InChI=1S/C18H24N4O3S/c19-15-18(8-4-5-9-18)20-17(23)14-21-10-12-22(13-11-21)26(24,25)16-6-2-1-3-7-16/h1-3,6-7H,4-5,8-14H2,(H,20,23). The summed E-state index contributed by atoms with van der Waals surface area (Å²) in [6.45, 7) is 1.91. The lowest BCUT2D eigenvalue weighted by Gasteiger charge is -2.34. The Morgan fingerprint density at radius 1 is 1.12 bits per heavy atom. The van der Waals surface area contributed by atoms with Gasteiger partial charge in [0.1, 0.15) is 5.54 Å². The highest BCUT2D eigenvalue weighted by Crippen LogP contribution is 2.28. The summed E-state index contributed by atoms with van der Waals surface area (Å²) in [5, 5.41) is 12.2. The highest BCUT2D eigenvalue weighted by atomic mass is 32.2. The van der Waals surface area contributed by atoms with E-state index in [1.165, 1.54) is 4.31 Å². The summed E-state index contributed by atoms with van der Waals surface area (Å²) in [5.41, 5.74) is -0.713. The van der Waals surface area contributed by atoms with Gasteiger partial charge in [-0.25, -0.2) is 8.42 Å². The molecule has 3 rings (SSSR count). The van der Waals surface area contributed by atoms with Gasteiger partial charge >= 0.3 is 0 Å². The quantitative estimate of drug-likeness (QED) is 0.826. The third-order valence-electron chi connectivity index (χ3n) is 5.13. The lowest BCUT2D eigenvalue weighted by molar-refractivity contribution is -0.123. The first-order valence-electron chi connectivity index (χ1n) is 8.95. The molecular formula is C18H24N4O3S. The Hall–Kier alpha value is -1.95. The van der Waals surface area contributed by atoms with Crippen LogP contribution in [-0.4, -0.2) is 61.8 Å². The number of amides is 1. The highest BCUT2D eigenvalue weighted by molar-refractivity contribution is 7.89. The molecule has 1 N–H and O–H groups in total. The molecular weight excluding hydrogens is 352 g/mol. The van der Waals surface area contributed by atoms with Crippen molar-refractivity contribution in [2.24, 2.45) is 0 Å². The van der Waals surface area contributed by atoms with Gasteiger partial charge in [-0.2, -0.15) is 9.57 Å². The second-order valence-corrected chi connectivity index (χ2v) is 8.88. The Morgan fingerprint density at radius 3 is 2.31 bits per heavy atom. The molecule has 8 heteroatoms. The van der Waals surface area contributed by atoms with Crippen LogP contribution in [0.4, 0.5) is 0 Å². The number of benzene rings is 1. The van der Waals surface area contributed by atoms with Crippen LogP contribution in [-0.2, 0) is 14.8 Å². The fourth-order valence-electron chi connectivity index (χ4n) is 3.62. The van der Waals surface area contributed by atoms with Gasteiger partial charge in [0.15, 0.2) is 0 Å². The van der Waals surface area contributed by atoms with Gasteiger partial charge in [-0.3, -0.25) is 9.69 Å². The average Bonchev–Trinajstić information content (AvgIpc) is 3.12. The van der Waals surface area contributed by atoms with Crippen LogP contribution in [0, 0.1) is 11.3 Å². The van der Waals surface area contributed by atoms with Crippen molar-refractivity contribution in [1.82, 2.24) is 14.5 Å². The SMILES string of the molecule is N#CC1(NC(=O)CN2CCN(S(=O)(=O)c3ccccc3)CC2)CCCC1. The molecule has 2 aliphatic rings. The van der Waals surface area contributed by atoms with Crippen LogP contribution in [0.1, 0.15) is 25.7 Å². The number of carbonyl (C=O) groups excluding carboxylic acids is 1. The van der Waals surface area contributed by atoms with Crippen LogP contribution in [0.2, 0.25) is 0 Å². The number of hydrogen-bond donors (Lipinski definition) is 1. The Morgan fingerprint density at radius 2 is 1.73 bits per heavy atom. The van der Waals surface area contributed by atoms with Crippen LogP contribution < -0.4 is 5.32 Å². The van der Waals surface area contributed by atoms with Crippen molar-refractivity contribution in [3.63, 3.8) is 0 Å². The van der Waals surface area contributed by atoms with E-state index in [9.17, 15) is 18.5 Å². The van der Waals surface area contributed by atoms with E-state index >= 15 is 0 Å². The number of carbonyl (C=O) groups is 1. The fourth-order valence-corrected chi connectivity index (χ4v) is 5.07. The van der Waals surface area contributed by atoms with Gasteiger partial charge in [-0.15, -0.1) is 0 Å². The summed E-state index contributed by atoms with van der Waals surface area (Å²) in [4.78, 5) is 14.5. The highest BCUT2D eigenvalue weighted by Gasteiger charge is 2.36. The van der Waals surface area contributed by atoms with Gasteiger partial charge in [0.2, 0.25) is 15.9 Å². The predicted octanol–water partition coefficient (Wildman–Crippen LogP) is 0.945. The van der Waals surface area contributed by atoms with Gasteiger partial charge in [-0.05, 0) is 37.8 Å². The van der Waals surface area contributed by atoms with Gasteiger partial charge < -0.3 is 5.32 Å². The minimum absolute atomic E-state index is 0.159. The zero-order valence-electron chi connectivity index (χ0n) is 14.7. The van der Waals surface area contributed by atoms with Crippen molar-refractivity contribution in [3.05, 3.63) is 30.3 Å². The maximum Gasteiger partial charge on any atom is 0.243 e. The maximum absolute atomic E-state index is 12.6. The summed E-state index contributed by atoms with van der Waals surface area (Å²) in [6.07, 6.45) is 3.34. The third-order valence-corrected chi connectivity index (χ3v) is 7.04. The second-order valence-electron chi connectivity index (χ2n) is 6.94. The number of rotatable bonds is 5. The molecule has 1 aliphatic carbocycles. The summed E-state index contributed by atoms with van der Waals surface area (Å²) < 4.78 is 26.7. The van der Waals surface area contributed by atoms with E-state index in [0.29, 0.717) is 43.9 Å². The lowest BCUT2D eigenvalue weighted by atomic mass is 10.00. The van der Waals surface area contributed by atoms with E-state index in [0.717, 1.165) is 12.8 Å². The van der Waals surface area contributed by atoms with Crippen molar-refractivity contribution in [2.75, 3.05) is 32.7 Å². The van der Waals surface area contributed by atoms with E-state index < -0.39 is 15.6 Å². The molecule has 0 unspecified atom stereocenters. The fraction of sp³-hybridized carbons (Fsp3) is 0.556. The molecule has 0 spiro atoms. The molecule has 1 heterocycles. The van der Waals surface area contributed by atoms with Crippen LogP contribution in [0.25, 0.3) is 0 Å². The number of sulfonamides is 1. The van der Waals surface area contributed by atoms with Crippen LogP contribution in [0.15, 0.2) is 35.2 Å². The maximum atomic E-state index is 12.6. The van der Waals surface area contributed by atoms with Crippen molar-refractivity contribution in [2.45, 2.75) is 36.1 Å². The Kier molecular flexibility index (Phi) is 5.61. The molecule has 1 saturated heterocycles. The predicted molar refractivity (Wildman–Crippen MR) is 96.6 cm³/mol. The minimum atomic E-state index is -3.48. The summed E-state index contributed by atoms with van der Waals surface area (Å²) in [5.74, 6) is -0.159. The minimum Gasteiger partial charge on any atom is -0.337 e. The van der Waals surface area contributed by atoms with Gasteiger partial charge in [0.25, 0.3) is 0 Å². The van der Waals surface area contributed by atoms with E-state index in [2.05, 4.69) is 11.4 Å². The second kappa shape index (κ2) is 7.74. The van der Waals surface area contributed by atoms with Crippen LogP contribution in [0.5, 0.6) is 0 Å². The molecule has 0 atom stereocenters. The zero-order valence-corrected chi connectivity index (χ0v) is 15.5. The van der Waals surface area contributed by atoms with E-state index in [1.807, 2.05) is 4.90 Å². The molecule has 1 amide bonds. The normalized spacial score (nSPS) is 21.2. The first kappa shape index (κ1) is 18.8. The largest absolute Gasteiger partial charge is 0.337 e. The topological polar surface area (TPSA) is 93.5 Å². The molecule has 26 heavy (non-hydrogen) atoms. The third kappa shape index (κ3) is 4.06. The summed E-state index contributed by atoms with van der Waals surface area (Å²) >= 11 is 0. The molecule has 1 aromatic carbocycles. The number of nitrogens with zero attached hydrogens (tertiary/aromatic N) is 3. The molecule has 0 bridgehead atoms.